The van der Waals surface area contributed by atoms with Crippen molar-refractivity contribution in [1.82, 2.24) is 14.7 Å². The molecule has 14 atom stereocenters. The van der Waals surface area contributed by atoms with E-state index in [-0.39, 0.29) is 76.2 Å². The molecule has 14 unspecified atom stereocenters. The molecule has 1 amide bonds. The van der Waals surface area contributed by atoms with Crippen molar-refractivity contribution in [2.24, 2.45) is 57.0 Å². The van der Waals surface area contributed by atoms with Crippen LogP contribution in [0, 0.1) is 51.2 Å². The highest BCUT2D eigenvalue weighted by Gasteiger charge is 2.85. The van der Waals surface area contributed by atoms with Crippen LogP contribution in [0.15, 0.2) is 0 Å². The van der Waals surface area contributed by atoms with Crippen molar-refractivity contribution in [2.45, 2.75) is 180 Å². The quantitative estimate of drug-likeness (QED) is 0.310. The lowest BCUT2D eigenvalue weighted by atomic mass is 9.43. The zero-order valence-corrected chi connectivity index (χ0v) is 35.6. The van der Waals surface area contributed by atoms with Gasteiger partial charge in [0.1, 0.15) is 6.10 Å². The van der Waals surface area contributed by atoms with Crippen LogP contribution in [0.25, 0.3) is 0 Å². The summed E-state index contributed by atoms with van der Waals surface area (Å²) in [6, 6.07) is 1.26. The fourth-order valence-electron chi connectivity index (χ4n) is 15.7. The van der Waals surface area contributed by atoms with E-state index in [1.54, 1.807) is 4.90 Å². The highest BCUT2D eigenvalue weighted by Crippen LogP contribution is 2.87. The minimum atomic E-state index is -0.736. The first-order chi connectivity index (χ1) is 26.1. The average Bonchev–Trinajstić information content (AvgIpc) is 3.75. The van der Waals surface area contributed by atoms with Gasteiger partial charge in [0.25, 0.3) is 0 Å². The van der Waals surface area contributed by atoms with Crippen LogP contribution >= 0.6 is 0 Å². The number of hydrogen-bond donors (Lipinski definition) is 2. The molecule has 9 rings (SSSR count). The van der Waals surface area contributed by atoms with E-state index >= 15 is 0 Å². The third-order valence-electron chi connectivity index (χ3n) is 18.8. The summed E-state index contributed by atoms with van der Waals surface area (Å²) in [5, 5.41) is 12.7. The van der Waals surface area contributed by atoms with Gasteiger partial charge in [-0.3, -0.25) is 4.90 Å². The zero-order valence-electron chi connectivity index (χ0n) is 35.6. The molecule has 9 fully saturated rings. The van der Waals surface area contributed by atoms with Gasteiger partial charge in [0.05, 0.1) is 36.6 Å². The van der Waals surface area contributed by atoms with Gasteiger partial charge in [-0.2, -0.15) is 0 Å². The number of nitrogens with zero attached hydrogens (tertiary/aromatic N) is 3. The standard InChI is InChI=1S/C45H76N4O6/c1-27(2)37(55-40(51)48-18-9-19-48)31-24-29(5)36-38(53-31)39(50)45(46)33-11-10-32-41(6,7)34(12-15-43(32)26-44(33,43)17-16-42(36,45)8)54-35-25-49(22-23-52-35)30-13-20-47(21-14-30)28(3)4/h27-39,50H,9-26,46H2,1-8H3. The number of piperidine rings is 1. The highest BCUT2D eigenvalue weighted by molar-refractivity contribution is 5.68. The van der Waals surface area contributed by atoms with Gasteiger partial charge < -0.3 is 39.6 Å². The second-order valence-corrected chi connectivity index (χ2v) is 21.9. The Kier molecular flexibility index (Phi) is 9.88. The van der Waals surface area contributed by atoms with Crippen LogP contribution in [0.4, 0.5) is 4.79 Å². The van der Waals surface area contributed by atoms with E-state index < -0.39 is 11.6 Å². The smallest absolute Gasteiger partial charge is 0.410 e. The topological polar surface area (TPSA) is 110 Å². The third kappa shape index (κ3) is 5.74. The fourth-order valence-corrected chi connectivity index (χ4v) is 15.7. The average molecular weight is 769 g/mol. The SMILES string of the molecule is CC(C)C(OC(=O)N1CCC1)C1CC(C)C2C(O1)C(O)C1(N)C3CCC4C(C)(C)C(OC5CN(C6CCN(C(C)C)CC6)CCO5)CCC45CC35CCC21C. The molecular weight excluding hydrogens is 693 g/mol. The first-order valence-corrected chi connectivity index (χ1v) is 22.9. The molecule has 312 valence electrons. The largest absolute Gasteiger partial charge is 0.443 e. The maximum Gasteiger partial charge on any atom is 0.410 e. The van der Waals surface area contributed by atoms with E-state index in [1.165, 1.54) is 45.2 Å². The number of carbonyl (C=O) groups excluding carboxylic acids is 1. The molecule has 4 heterocycles. The van der Waals surface area contributed by atoms with Gasteiger partial charge in [-0.25, -0.2) is 4.79 Å². The van der Waals surface area contributed by atoms with Crippen molar-refractivity contribution < 1.29 is 28.8 Å². The highest BCUT2D eigenvalue weighted by atomic mass is 16.7. The number of likely N-dealkylation sites (tertiary alicyclic amines) is 2. The predicted molar refractivity (Wildman–Crippen MR) is 212 cm³/mol. The molecule has 2 spiro atoms. The van der Waals surface area contributed by atoms with Crippen molar-refractivity contribution in [1.29, 1.82) is 0 Å². The van der Waals surface area contributed by atoms with Crippen molar-refractivity contribution in [3.05, 3.63) is 0 Å². The Bertz CT molecular complexity index is 1450. The Morgan fingerprint density at radius 2 is 1.62 bits per heavy atom. The molecule has 0 aromatic heterocycles. The maximum atomic E-state index is 13.0. The van der Waals surface area contributed by atoms with E-state index in [0.29, 0.717) is 23.9 Å². The number of morpholine rings is 1. The van der Waals surface area contributed by atoms with Crippen molar-refractivity contribution in [3.8, 4) is 0 Å². The van der Waals surface area contributed by atoms with E-state index in [2.05, 4.69) is 65.2 Å². The summed E-state index contributed by atoms with van der Waals surface area (Å²) in [6.07, 6.45) is 10.4. The summed E-state index contributed by atoms with van der Waals surface area (Å²) in [5.74, 6) is 1.47. The number of aliphatic hydroxyl groups excluding tert-OH is 1. The van der Waals surface area contributed by atoms with Gasteiger partial charge in [-0.15, -0.1) is 0 Å². The first-order valence-electron chi connectivity index (χ1n) is 22.9. The second-order valence-electron chi connectivity index (χ2n) is 21.9. The third-order valence-corrected chi connectivity index (χ3v) is 18.8. The molecule has 0 aromatic carbocycles. The van der Waals surface area contributed by atoms with Crippen LogP contribution in [0.1, 0.15) is 126 Å². The summed E-state index contributed by atoms with van der Waals surface area (Å²) in [6.45, 7) is 25.2. The molecule has 5 aliphatic carbocycles. The number of hydrogen-bond acceptors (Lipinski definition) is 9. The number of nitrogens with two attached hydrogens (primary N) is 1. The Labute approximate surface area is 332 Å². The van der Waals surface area contributed by atoms with Crippen LogP contribution in [-0.2, 0) is 18.9 Å². The van der Waals surface area contributed by atoms with Crippen LogP contribution in [0.2, 0.25) is 0 Å². The molecule has 0 aromatic rings. The first kappa shape index (κ1) is 39.5. The van der Waals surface area contributed by atoms with Crippen molar-refractivity contribution >= 4 is 6.09 Å². The van der Waals surface area contributed by atoms with Gasteiger partial charge in [0, 0.05) is 38.3 Å². The van der Waals surface area contributed by atoms with Gasteiger partial charge in [-0.1, -0.05) is 41.5 Å². The number of amides is 1. The lowest BCUT2D eigenvalue weighted by Gasteiger charge is -2.63. The second kappa shape index (κ2) is 13.8. The van der Waals surface area contributed by atoms with Gasteiger partial charge in [0.15, 0.2) is 6.29 Å². The van der Waals surface area contributed by atoms with Crippen LogP contribution < -0.4 is 5.73 Å². The van der Waals surface area contributed by atoms with E-state index in [9.17, 15) is 9.90 Å². The number of carbonyl (C=O) groups is 1. The van der Waals surface area contributed by atoms with Gasteiger partial charge >= 0.3 is 6.09 Å². The molecule has 0 bridgehead atoms. The zero-order chi connectivity index (χ0) is 38.9. The molecule has 4 saturated heterocycles. The molecule has 4 aliphatic heterocycles. The molecule has 0 radical (unpaired) electrons. The maximum absolute atomic E-state index is 13.0. The summed E-state index contributed by atoms with van der Waals surface area (Å²) in [4.78, 5) is 20.1. The Morgan fingerprint density at radius 3 is 2.29 bits per heavy atom. The van der Waals surface area contributed by atoms with Crippen molar-refractivity contribution in [3.63, 3.8) is 0 Å². The lowest BCUT2D eigenvalue weighted by Crippen LogP contribution is -2.70. The molecule has 5 saturated carbocycles. The van der Waals surface area contributed by atoms with Crippen LogP contribution in [-0.4, -0.2) is 126 Å². The Balaban J connectivity index is 0.894. The lowest BCUT2D eigenvalue weighted by molar-refractivity contribution is -0.249. The molecule has 3 N–H and O–H groups in total. The monoisotopic (exact) mass is 769 g/mol. The summed E-state index contributed by atoms with van der Waals surface area (Å²) >= 11 is 0. The summed E-state index contributed by atoms with van der Waals surface area (Å²) < 4.78 is 26.6. The van der Waals surface area contributed by atoms with Gasteiger partial charge in [0.2, 0.25) is 0 Å². The van der Waals surface area contributed by atoms with Crippen LogP contribution in [0.5, 0.6) is 0 Å². The summed E-state index contributed by atoms with van der Waals surface area (Å²) in [7, 11) is 0. The molecule has 10 heteroatoms. The van der Waals surface area contributed by atoms with E-state index in [0.717, 1.165) is 71.3 Å². The Morgan fingerprint density at radius 1 is 0.909 bits per heavy atom. The molecule has 10 nitrogen and oxygen atoms in total. The number of ether oxygens (including phenoxy) is 4. The molecule has 55 heavy (non-hydrogen) atoms. The minimum Gasteiger partial charge on any atom is -0.443 e. The molecular formula is C45H76N4O6. The number of aliphatic hydroxyl groups is 1. The number of rotatable bonds is 7. The van der Waals surface area contributed by atoms with Crippen molar-refractivity contribution in [2.75, 3.05) is 45.9 Å². The fraction of sp³-hybridized carbons (Fsp3) is 0.978. The van der Waals surface area contributed by atoms with E-state index in [1.807, 2.05) is 0 Å². The van der Waals surface area contributed by atoms with E-state index in [4.69, 9.17) is 24.7 Å². The minimum absolute atomic E-state index is 0.0376. The normalized spacial score (nSPS) is 48.9. The molecule has 9 aliphatic rings. The summed E-state index contributed by atoms with van der Waals surface area (Å²) in [5.41, 5.74) is 7.50. The Hall–Kier alpha value is -1.01. The number of fused-ring (bicyclic) bond motifs is 4. The van der Waals surface area contributed by atoms with Crippen LogP contribution in [0.3, 0.4) is 0 Å². The van der Waals surface area contributed by atoms with Gasteiger partial charge in [-0.05, 0) is 149 Å². The predicted octanol–water partition coefficient (Wildman–Crippen LogP) is 6.27.